The van der Waals surface area contributed by atoms with Crippen LogP contribution in [0, 0.1) is 11.8 Å². The van der Waals surface area contributed by atoms with Crippen molar-refractivity contribution in [2.24, 2.45) is 0 Å². The molecule has 0 spiro atoms. The predicted molar refractivity (Wildman–Crippen MR) is 110 cm³/mol. The molecule has 1 aliphatic rings. The Bertz CT molecular complexity index is 982. The van der Waals surface area contributed by atoms with Crippen LogP contribution in [0.15, 0.2) is 48.5 Å². The Morgan fingerprint density at radius 3 is 2.50 bits per heavy atom. The second-order valence-corrected chi connectivity index (χ2v) is 8.40. The largest absolute Gasteiger partial charge is 0.443 e. The summed E-state index contributed by atoms with van der Waals surface area (Å²) in [5.41, 5.74) is 0.364. The van der Waals surface area contributed by atoms with Gasteiger partial charge in [-0.2, -0.15) is 0 Å². The molecular formula is C23H22ClNO3. The highest BCUT2D eigenvalue weighted by molar-refractivity contribution is 6.31. The van der Waals surface area contributed by atoms with Gasteiger partial charge in [0, 0.05) is 17.0 Å². The number of nitrogens with zero attached hydrogens (tertiary/aromatic N) is 1. The lowest BCUT2D eigenvalue weighted by atomic mass is 9.81. The fraction of sp³-hybridized carbons (Fsp3) is 0.304. The number of carbonyl (C=O) groups is 2. The molecule has 2 aromatic carbocycles. The molecule has 0 saturated carbocycles. The summed E-state index contributed by atoms with van der Waals surface area (Å²) in [6.45, 7) is 7.07. The molecule has 3 rings (SSSR count). The molecule has 0 aliphatic carbocycles. The quantitative estimate of drug-likeness (QED) is 0.614. The number of ether oxygens (including phenoxy) is 1. The Morgan fingerprint density at radius 2 is 1.86 bits per heavy atom. The van der Waals surface area contributed by atoms with Gasteiger partial charge < -0.3 is 4.74 Å². The average molecular weight is 396 g/mol. The Morgan fingerprint density at radius 1 is 1.18 bits per heavy atom. The summed E-state index contributed by atoms with van der Waals surface area (Å²) in [4.78, 5) is 27.1. The van der Waals surface area contributed by atoms with E-state index in [4.69, 9.17) is 16.3 Å². The van der Waals surface area contributed by atoms with Crippen LogP contribution in [0.25, 0.3) is 0 Å². The highest BCUT2D eigenvalue weighted by atomic mass is 35.5. The SMILES string of the molecule is CC(C)(C)OC(=O)N1C(=O)[C@@](C)(CC#Cc2ccccc2)c2ccc(Cl)cc21. The van der Waals surface area contributed by atoms with Gasteiger partial charge in [0.25, 0.3) is 0 Å². The van der Waals surface area contributed by atoms with Gasteiger partial charge in [-0.3, -0.25) is 4.79 Å². The van der Waals surface area contributed by atoms with E-state index in [-0.39, 0.29) is 12.3 Å². The van der Waals surface area contributed by atoms with Crippen molar-refractivity contribution in [3.05, 3.63) is 64.7 Å². The molecule has 5 heteroatoms. The van der Waals surface area contributed by atoms with Crippen molar-refractivity contribution in [3.63, 3.8) is 0 Å². The maximum absolute atomic E-state index is 13.3. The highest BCUT2D eigenvalue weighted by Crippen LogP contribution is 2.45. The second-order valence-electron chi connectivity index (χ2n) is 7.96. The minimum Gasteiger partial charge on any atom is -0.443 e. The molecule has 2 aromatic rings. The van der Waals surface area contributed by atoms with E-state index in [0.29, 0.717) is 10.7 Å². The molecule has 1 atom stereocenters. The van der Waals surface area contributed by atoms with Crippen LogP contribution >= 0.6 is 11.6 Å². The minimum atomic E-state index is -0.960. The van der Waals surface area contributed by atoms with E-state index in [1.165, 1.54) is 0 Å². The zero-order valence-corrected chi connectivity index (χ0v) is 17.1. The number of imide groups is 1. The van der Waals surface area contributed by atoms with Crippen LogP contribution in [-0.2, 0) is 14.9 Å². The first kappa shape index (κ1) is 20.0. The van der Waals surface area contributed by atoms with E-state index in [0.717, 1.165) is 16.0 Å². The molecule has 4 nitrogen and oxygen atoms in total. The van der Waals surface area contributed by atoms with Crippen molar-refractivity contribution in [1.82, 2.24) is 0 Å². The van der Waals surface area contributed by atoms with Gasteiger partial charge in [-0.15, -0.1) is 0 Å². The number of amides is 2. The van der Waals surface area contributed by atoms with Crippen LogP contribution in [0.3, 0.4) is 0 Å². The molecule has 0 N–H and O–H groups in total. The molecule has 1 aliphatic heterocycles. The molecule has 0 bridgehead atoms. The zero-order valence-electron chi connectivity index (χ0n) is 16.4. The first-order valence-electron chi connectivity index (χ1n) is 9.03. The standard InChI is InChI=1S/C23H22ClNO3/c1-22(2,3)28-21(27)25-19-15-17(24)12-13-18(19)23(4,20(25)26)14-8-11-16-9-6-5-7-10-16/h5-7,9-10,12-13,15H,14H2,1-4H3/t23-/m0/s1. The van der Waals surface area contributed by atoms with E-state index in [2.05, 4.69) is 11.8 Å². The smallest absolute Gasteiger partial charge is 0.421 e. The zero-order chi connectivity index (χ0) is 20.5. The van der Waals surface area contributed by atoms with Crippen molar-refractivity contribution in [1.29, 1.82) is 0 Å². The van der Waals surface area contributed by atoms with Gasteiger partial charge in [-0.1, -0.05) is 47.7 Å². The van der Waals surface area contributed by atoms with Gasteiger partial charge in [-0.25, -0.2) is 9.69 Å². The number of anilines is 1. The Balaban J connectivity index is 1.98. The number of fused-ring (bicyclic) bond motifs is 1. The van der Waals surface area contributed by atoms with Gasteiger partial charge in [0.1, 0.15) is 5.60 Å². The van der Waals surface area contributed by atoms with Crippen molar-refractivity contribution in [2.45, 2.75) is 45.1 Å². The maximum atomic E-state index is 13.3. The predicted octanol–water partition coefficient (Wildman–Crippen LogP) is 5.32. The number of hydrogen-bond acceptors (Lipinski definition) is 3. The molecule has 0 radical (unpaired) electrons. The van der Waals surface area contributed by atoms with Crippen molar-refractivity contribution in [3.8, 4) is 11.8 Å². The van der Waals surface area contributed by atoms with Crippen LogP contribution in [0.1, 0.15) is 45.2 Å². The first-order valence-corrected chi connectivity index (χ1v) is 9.41. The third kappa shape index (κ3) is 3.90. The lowest BCUT2D eigenvalue weighted by Gasteiger charge is -2.25. The van der Waals surface area contributed by atoms with Crippen LogP contribution in [-0.4, -0.2) is 17.6 Å². The molecule has 0 aromatic heterocycles. The number of carbonyl (C=O) groups excluding carboxylic acids is 2. The monoisotopic (exact) mass is 395 g/mol. The summed E-state index contributed by atoms with van der Waals surface area (Å²) in [7, 11) is 0. The summed E-state index contributed by atoms with van der Waals surface area (Å²) in [6.07, 6.45) is -0.435. The lowest BCUT2D eigenvalue weighted by molar-refractivity contribution is -0.122. The summed E-state index contributed by atoms with van der Waals surface area (Å²) in [5.74, 6) is 5.81. The average Bonchev–Trinajstić information content (AvgIpc) is 2.81. The van der Waals surface area contributed by atoms with E-state index < -0.39 is 17.1 Å². The number of benzene rings is 2. The van der Waals surface area contributed by atoms with E-state index in [1.807, 2.05) is 30.3 Å². The van der Waals surface area contributed by atoms with Crippen LogP contribution in [0.4, 0.5) is 10.5 Å². The summed E-state index contributed by atoms with van der Waals surface area (Å²) < 4.78 is 5.44. The molecule has 144 valence electrons. The van der Waals surface area contributed by atoms with Crippen molar-refractivity contribution in [2.75, 3.05) is 4.90 Å². The van der Waals surface area contributed by atoms with Gasteiger partial charge in [0.15, 0.2) is 0 Å². The molecule has 0 unspecified atom stereocenters. The maximum Gasteiger partial charge on any atom is 0.421 e. The highest BCUT2D eigenvalue weighted by Gasteiger charge is 2.50. The Hall–Kier alpha value is -2.77. The molecule has 2 amide bonds. The summed E-state index contributed by atoms with van der Waals surface area (Å²) >= 11 is 6.13. The van der Waals surface area contributed by atoms with E-state index >= 15 is 0 Å². The van der Waals surface area contributed by atoms with Gasteiger partial charge in [0.2, 0.25) is 5.91 Å². The third-order valence-electron chi connectivity index (χ3n) is 4.49. The normalized spacial score (nSPS) is 18.3. The lowest BCUT2D eigenvalue weighted by Crippen LogP contribution is -2.44. The van der Waals surface area contributed by atoms with Gasteiger partial charge >= 0.3 is 6.09 Å². The fourth-order valence-corrected chi connectivity index (χ4v) is 3.30. The van der Waals surface area contributed by atoms with Crippen LogP contribution in [0.2, 0.25) is 5.02 Å². The van der Waals surface area contributed by atoms with E-state index in [1.54, 1.807) is 45.9 Å². The number of hydrogen-bond donors (Lipinski definition) is 0. The van der Waals surface area contributed by atoms with Crippen molar-refractivity contribution >= 4 is 29.3 Å². The number of rotatable bonds is 1. The topological polar surface area (TPSA) is 46.6 Å². The fourth-order valence-electron chi connectivity index (χ4n) is 3.13. The number of halogens is 1. The molecule has 0 saturated heterocycles. The summed E-state index contributed by atoms with van der Waals surface area (Å²) in [6, 6.07) is 14.7. The second kappa shape index (κ2) is 7.33. The minimum absolute atomic E-state index is 0.272. The van der Waals surface area contributed by atoms with Gasteiger partial charge in [-0.05, 0) is 57.5 Å². The first-order chi connectivity index (χ1) is 13.1. The van der Waals surface area contributed by atoms with Crippen LogP contribution in [0.5, 0.6) is 0 Å². The van der Waals surface area contributed by atoms with Gasteiger partial charge in [0.05, 0.1) is 11.1 Å². The molecule has 0 fully saturated rings. The Labute approximate surface area is 170 Å². The summed E-state index contributed by atoms with van der Waals surface area (Å²) in [5, 5.41) is 0.444. The molecule has 1 heterocycles. The van der Waals surface area contributed by atoms with Crippen LogP contribution < -0.4 is 4.90 Å². The third-order valence-corrected chi connectivity index (χ3v) is 4.73. The Kier molecular flexibility index (Phi) is 5.23. The van der Waals surface area contributed by atoms with Crippen molar-refractivity contribution < 1.29 is 14.3 Å². The molecule has 28 heavy (non-hydrogen) atoms. The van der Waals surface area contributed by atoms with E-state index in [9.17, 15) is 9.59 Å². The molecular weight excluding hydrogens is 374 g/mol.